The molecule has 1 saturated carbocycles. The zero-order chi connectivity index (χ0) is 19.3. The highest BCUT2D eigenvalue weighted by Gasteiger charge is 2.46. The molecule has 28 heavy (non-hydrogen) atoms. The van der Waals surface area contributed by atoms with Crippen LogP contribution in [0.3, 0.4) is 0 Å². The van der Waals surface area contributed by atoms with Gasteiger partial charge in [0.05, 0.1) is 7.11 Å². The van der Waals surface area contributed by atoms with Gasteiger partial charge in [-0.15, -0.1) is 24.0 Å². The Bertz CT molecular complexity index is 683. The van der Waals surface area contributed by atoms with Gasteiger partial charge in [-0.05, 0) is 37.7 Å². The molecule has 2 fully saturated rings. The standard InChI is InChI=1S/C21H32N4O2.HI/c1-22-19(26)14-16-8-12-25(13-9-16)20(23-2)24-15-21(10-11-21)17-6-4-5-7-18(17)27-3;/h4-7,16H,8-15H2,1-3H3,(H,22,26)(H,23,24);1H. The number of likely N-dealkylation sites (tertiary alicyclic amines) is 1. The molecule has 0 spiro atoms. The number of methoxy groups -OCH3 is 1. The highest BCUT2D eigenvalue weighted by molar-refractivity contribution is 14.0. The first-order valence-electron chi connectivity index (χ1n) is 9.91. The SMILES string of the molecule is CN=C(NCC1(c2ccccc2OC)CC1)N1CCC(CC(=O)NC)CC1.I. The van der Waals surface area contributed by atoms with Crippen molar-refractivity contribution >= 4 is 35.8 Å². The quantitative estimate of drug-likeness (QED) is 0.358. The van der Waals surface area contributed by atoms with Crippen LogP contribution in [0.5, 0.6) is 5.75 Å². The molecular formula is C21H33IN4O2. The summed E-state index contributed by atoms with van der Waals surface area (Å²) in [6, 6.07) is 8.33. The molecule has 0 atom stereocenters. The third kappa shape index (κ3) is 5.30. The molecule has 1 heterocycles. The zero-order valence-corrected chi connectivity index (χ0v) is 19.5. The average Bonchev–Trinajstić information content (AvgIpc) is 3.50. The van der Waals surface area contributed by atoms with Crippen LogP contribution < -0.4 is 15.4 Å². The maximum atomic E-state index is 11.6. The first-order chi connectivity index (χ1) is 13.1. The van der Waals surface area contributed by atoms with Crippen molar-refractivity contribution in [3.05, 3.63) is 29.8 Å². The van der Waals surface area contributed by atoms with E-state index in [0.717, 1.165) is 44.2 Å². The lowest BCUT2D eigenvalue weighted by Gasteiger charge is -2.34. The van der Waals surface area contributed by atoms with Crippen LogP contribution in [0.15, 0.2) is 29.3 Å². The number of amides is 1. The van der Waals surface area contributed by atoms with Crippen LogP contribution in [-0.4, -0.2) is 57.6 Å². The maximum absolute atomic E-state index is 11.6. The van der Waals surface area contributed by atoms with Crippen molar-refractivity contribution in [3.63, 3.8) is 0 Å². The smallest absolute Gasteiger partial charge is 0.220 e. The number of aliphatic imine (C=N–C) groups is 1. The van der Waals surface area contributed by atoms with Crippen molar-refractivity contribution in [2.75, 3.05) is 40.8 Å². The number of nitrogens with one attached hydrogen (secondary N) is 2. The van der Waals surface area contributed by atoms with Crippen molar-refractivity contribution in [2.24, 2.45) is 10.9 Å². The summed E-state index contributed by atoms with van der Waals surface area (Å²) in [4.78, 5) is 18.4. The van der Waals surface area contributed by atoms with Crippen LogP contribution in [0.4, 0.5) is 0 Å². The number of piperidine rings is 1. The summed E-state index contributed by atoms with van der Waals surface area (Å²) in [5.74, 6) is 2.56. The molecule has 6 nitrogen and oxygen atoms in total. The minimum Gasteiger partial charge on any atom is -0.496 e. The van der Waals surface area contributed by atoms with E-state index < -0.39 is 0 Å². The van der Waals surface area contributed by atoms with E-state index in [1.165, 1.54) is 18.4 Å². The van der Waals surface area contributed by atoms with Crippen molar-refractivity contribution in [3.8, 4) is 5.75 Å². The molecule has 0 radical (unpaired) electrons. The van der Waals surface area contributed by atoms with Gasteiger partial charge >= 0.3 is 0 Å². The van der Waals surface area contributed by atoms with Gasteiger partial charge < -0.3 is 20.3 Å². The Labute approximate surface area is 185 Å². The lowest BCUT2D eigenvalue weighted by molar-refractivity contribution is -0.121. The van der Waals surface area contributed by atoms with E-state index in [1.807, 2.05) is 19.2 Å². The Kier molecular flexibility index (Phi) is 8.39. The number of hydrogen-bond acceptors (Lipinski definition) is 3. The van der Waals surface area contributed by atoms with Crippen molar-refractivity contribution in [2.45, 2.75) is 37.5 Å². The van der Waals surface area contributed by atoms with E-state index in [-0.39, 0.29) is 35.3 Å². The van der Waals surface area contributed by atoms with Crippen LogP contribution in [0.25, 0.3) is 0 Å². The Morgan fingerprint density at radius 1 is 1.29 bits per heavy atom. The molecule has 1 aromatic carbocycles. The van der Waals surface area contributed by atoms with Gasteiger partial charge in [-0.1, -0.05) is 18.2 Å². The number of carbonyl (C=O) groups excluding carboxylic acids is 1. The molecule has 1 aromatic rings. The minimum atomic E-state index is 0. The second kappa shape index (κ2) is 10.3. The third-order valence-corrected chi connectivity index (χ3v) is 6.00. The highest BCUT2D eigenvalue weighted by Crippen LogP contribution is 2.50. The van der Waals surface area contributed by atoms with Gasteiger partial charge in [-0.3, -0.25) is 9.79 Å². The molecule has 1 saturated heterocycles. The Morgan fingerprint density at radius 2 is 1.96 bits per heavy atom. The topological polar surface area (TPSA) is 66.0 Å². The summed E-state index contributed by atoms with van der Waals surface area (Å²) in [7, 11) is 5.30. The molecule has 2 aliphatic rings. The minimum absolute atomic E-state index is 0. The van der Waals surface area contributed by atoms with Gasteiger partial charge in [0.15, 0.2) is 5.96 Å². The van der Waals surface area contributed by atoms with Crippen LogP contribution in [0.2, 0.25) is 0 Å². The number of ether oxygens (including phenoxy) is 1. The average molecular weight is 500 g/mol. The van der Waals surface area contributed by atoms with Crippen molar-refractivity contribution in [1.29, 1.82) is 0 Å². The fraction of sp³-hybridized carbons (Fsp3) is 0.619. The number of guanidine groups is 1. The molecule has 0 bridgehead atoms. The molecule has 156 valence electrons. The lowest BCUT2D eigenvalue weighted by atomic mass is 9.93. The van der Waals surface area contributed by atoms with Gasteiger partial charge in [0, 0.05) is 51.1 Å². The second-order valence-corrected chi connectivity index (χ2v) is 7.69. The zero-order valence-electron chi connectivity index (χ0n) is 17.2. The molecular weight excluding hydrogens is 467 g/mol. The molecule has 0 aromatic heterocycles. The van der Waals surface area contributed by atoms with Crippen molar-refractivity contribution in [1.82, 2.24) is 15.5 Å². The van der Waals surface area contributed by atoms with E-state index in [9.17, 15) is 4.79 Å². The Balaban J connectivity index is 0.00000280. The number of hydrogen-bond donors (Lipinski definition) is 2. The summed E-state index contributed by atoms with van der Waals surface area (Å²) in [5, 5.41) is 6.33. The van der Waals surface area contributed by atoms with Gasteiger partial charge in [0.1, 0.15) is 5.75 Å². The summed E-state index contributed by atoms with van der Waals surface area (Å²) < 4.78 is 5.57. The normalized spacial score (nSPS) is 18.8. The van der Waals surface area contributed by atoms with Crippen LogP contribution >= 0.6 is 24.0 Å². The Hall–Kier alpha value is -1.51. The number of halogens is 1. The fourth-order valence-corrected chi connectivity index (χ4v) is 4.07. The number of carbonyl (C=O) groups is 1. The number of para-hydroxylation sites is 1. The number of rotatable bonds is 6. The summed E-state index contributed by atoms with van der Waals surface area (Å²) in [6.45, 7) is 2.77. The van der Waals surface area contributed by atoms with E-state index in [2.05, 4.69) is 32.7 Å². The van der Waals surface area contributed by atoms with Crippen LogP contribution in [0, 0.1) is 5.92 Å². The van der Waals surface area contributed by atoms with Gasteiger partial charge in [0.25, 0.3) is 0 Å². The predicted octanol–water partition coefficient (Wildman–Crippen LogP) is 2.77. The monoisotopic (exact) mass is 500 g/mol. The maximum Gasteiger partial charge on any atom is 0.220 e. The molecule has 7 heteroatoms. The number of nitrogens with zero attached hydrogens (tertiary/aromatic N) is 2. The highest BCUT2D eigenvalue weighted by atomic mass is 127. The first kappa shape index (κ1) is 22.8. The van der Waals surface area contributed by atoms with E-state index >= 15 is 0 Å². The molecule has 1 aliphatic heterocycles. The van der Waals surface area contributed by atoms with Gasteiger partial charge in [-0.25, -0.2) is 0 Å². The fourth-order valence-electron chi connectivity index (χ4n) is 4.07. The van der Waals surface area contributed by atoms with E-state index in [0.29, 0.717) is 12.3 Å². The first-order valence-corrected chi connectivity index (χ1v) is 9.91. The predicted molar refractivity (Wildman–Crippen MR) is 124 cm³/mol. The summed E-state index contributed by atoms with van der Waals surface area (Å²) in [6.07, 6.45) is 5.04. The molecule has 1 aliphatic carbocycles. The molecule has 3 rings (SSSR count). The number of benzene rings is 1. The molecule has 1 amide bonds. The molecule has 2 N–H and O–H groups in total. The summed E-state index contributed by atoms with van der Waals surface area (Å²) in [5.41, 5.74) is 1.44. The van der Waals surface area contributed by atoms with Gasteiger partial charge in [0.2, 0.25) is 5.91 Å². The molecule has 0 unspecified atom stereocenters. The van der Waals surface area contributed by atoms with Crippen molar-refractivity contribution < 1.29 is 9.53 Å². The van der Waals surface area contributed by atoms with E-state index in [1.54, 1.807) is 14.2 Å². The van der Waals surface area contributed by atoms with Gasteiger partial charge in [-0.2, -0.15) is 0 Å². The Morgan fingerprint density at radius 3 is 2.54 bits per heavy atom. The second-order valence-electron chi connectivity index (χ2n) is 7.69. The largest absolute Gasteiger partial charge is 0.496 e. The van der Waals surface area contributed by atoms with Crippen LogP contribution in [0.1, 0.15) is 37.7 Å². The summed E-state index contributed by atoms with van der Waals surface area (Å²) >= 11 is 0. The van der Waals surface area contributed by atoms with E-state index in [4.69, 9.17) is 4.74 Å². The van der Waals surface area contributed by atoms with Crippen LogP contribution in [-0.2, 0) is 10.2 Å². The third-order valence-electron chi connectivity index (χ3n) is 6.00. The lowest BCUT2D eigenvalue weighted by Crippen LogP contribution is -2.47.